The molecule has 0 aliphatic heterocycles. The summed E-state index contributed by atoms with van der Waals surface area (Å²) in [6.07, 6.45) is 6.75. The number of H-pyrrole nitrogens is 1. The first-order chi connectivity index (χ1) is 17.0. The lowest BCUT2D eigenvalue weighted by molar-refractivity contribution is -0.121. The van der Waals surface area contributed by atoms with E-state index in [0.717, 1.165) is 35.9 Å². The van der Waals surface area contributed by atoms with Crippen LogP contribution in [0.15, 0.2) is 77.9 Å². The Balaban J connectivity index is 1.27. The number of rotatable bonds is 5. The van der Waals surface area contributed by atoms with Crippen molar-refractivity contribution in [3.05, 3.63) is 94.0 Å². The number of nitrogens with one attached hydrogen (secondary N) is 3. The van der Waals surface area contributed by atoms with E-state index < -0.39 is 0 Å². The number of carbonyl (C=O) groups excluding carboxylic acids is 2. The first-order valence-corrected chi connectivity index (χ1v) is 12.0. The third kappa shape index (κ3) is 4.86. The number of aromatic amines is 1. The number of hydrogen-bond donors (Lipinski definition) is 3. The van der Waals surface area contributed by atoms with Crippen molar-refractivity contribution < 1.29 is 9.59 Å². The molecule has 8 heteroatoms. The average molecular weight is 489 g/mol. The van der Waals surface area contributed by atoms with E-state index >= 15 is 0 Å². The lowest BCUT2D eigenvalue weighted by Gasteiger charge is -2.31. The van der Waals surface area contributed by atoms with E-state index in [2.05, 4.69) is 15.6 Å². The molecule has 2 heterocycles. The Morgan fingerprint density at radius 1 is 1.00 bits per heavy atom. The van der Waals surface area contributed by atoms with Crippen molar-refractivity contribution in [2.75, 3.05) is 5.32 Å². The maximum atomic E-state index is 13.1. The quantitative estimate of drug-likeness (QED) is 0.373. The van der Waals surface area contributed by atoms with Crippen LogP contribution < -0.4 is 16.2 Å². The van der Waals surface area contributed by atoms with E-state index in [1.165, 1.54) is 10.6 Å². The molecule has 7 nitrogen and oxygen atoms in total. The predicted molar refractivity (Wildman–Crippen MR) is 137 cm³/mol. The molecule has 3 N–H and O–H groups in total. The second-order valence-electron chi connectivity index (χ2n) is 8.81. The fourth-order valence-electron chi connectivity index (χ4n) is 4.68. The third-order valence-electron chi connectivity index (χ3n) is 6.55. The summed E-state index contributed by atoms with van der Waals surface area (Å²) in [5.74, 6) is -0.654. The van der Waals surface area contributed by atoms with Gasteiger partial charge in [-0.15, -0.1) is 0 Å². The van der Waals surface area contributed by atoms with Crippen molar-refractivity contribution in [1.82, 2.24) is 14.9 Å². The minimum absolute atomic E-state index is 0.119. The van der Waals surface area contributed by atoms with Crippen molar-refractivity contribution in [1.29, 1.82) is 0 Å². The predicted octanol–water partition coefficient (Wildman–Crippen LogP) is 4.90. The van der Waals surface area contributed by atoms with Crippen molar-refractivity contribution in [3.8, 4) is 5.69 Å². The summed E-state index contributed by atoms with van der Waals surface area (Å²) in [4.78, 5) is 41.2. The molecule has 4 aromatic rings. The highest BCUT2D eigenvalue weighted by Crippen LogP contribution is 2.27. The monoisotopic (exact) mass is 488 g/mol. The number of benzene rings is 2. The van der Waals surface area contributed by atoms with Gasteiger partial charge >= 0.3 is 0 Å². The maximum absolute atomic E-state index is 13.1. The number of pyridine rings is 1. The van der Waals surface area contributed by atoms with Gasteiger partial charge in [0.05, 0.1) is 10.9 Å². The van der Waals surface area contributed by atoms with Gasteiger partial charge in [0.1, 0.15) is 0 Å². The van der Waals surface area contributed by atoms with Crippen LogP contribution >= 0.6 is 11.6 Å². The maximum Gasteiger partial charge on any atom is 0.255 e. The third-order valence-corrected chi connectivity index (χ3v) is 6.86. The molecule has 0 unspecified atom stereocenters. The molecule has 0 bridgehead atoms. The molecule has 0 spiro atoms. The number of hydrogen-bond acceptors (Lipinski definition) is 3. The normalized spacial score (nSPS) is 17.7. The second kappa shape index (κ2) is 9.80. The zero-order valence-corrected chi connectivity index (χ0v) is 19.7. The van der Waals surface area contributed by atoms with Gasteiger partial charge in [-0.1, -0.05) is 36.6 Å². The van der Waals surface area contributed by atoms with Gasteiger partial charge in [0.25, 0.3) is 11.5 Å². The van der Waals surface area contributed by atoms with Gasteiger partial charge in [-0.3, -0.25) is 19.0 Å². The van der Waals surface area contributed by atoms with Gasteiger partial charge in [-0.2, -0.15) is 0 Å². The Kier molecular flexibility index (Phi) is 6.42. The number of amides is 2. The number of halogens is 1. The van der Waals surface area contributed by atoms with E-state index in [-0.39, 0.29) is 29.3 Å². The lowest BCUT2D eigenvalue weighted by Crippen LogP contribution is -2.46. The minimum atomic E-state index is -0.326. The minimum Gasteiger partial charge on any atom is -0.360 e. The summed E-state index contributed by atoms with van der Waals surface area (Å²) in [6, 6.07) is 17.2. The molecule has 0 saturated heterocycles. The van der Waals surface area contributed by atoms with Gasteiger partial charge in [0, 0.05) is 52.3 Å². The van der Waals surface area contributed by atoms with Crippen LogP contribution in [0.4, 0.5) is 5.69 Å². The summed E-state index contributed by atoms with van der Waals surface area (Å²) in [6.45, 7) is 0. The summed E-state index contributed by atoms with van der Waals surface area (Å²) in [7, 11) is 0. The van der Waals surface area contributed by atoms with Crippen molar-refractivity contribution in [3.63, 3.8) is 0 Å². The molecule has 2 aromatic heterocycles. The van der Waals surface area contributed by atoms with Gasteiger partial charge in [-0.25, -0.2) is 0 Å². The molecule has 0 radical (unpaired) electrons. The van der Waals surface area contributed by atoms with Crippen molar-refractivity contribution in [2.24, 2.45) is 5.92 Å². The van der Waals surface area contributed by atoms with Crippen molar-refractivity contribution in [2.45, 2.75) is 31.7 Å². The summed E-state index contributed by atoms with van der Waals surface area (Å²) in [5.41, 5.74) is 2.56. The summed E-state index contributed by atoms with van der Waals surface area (Å²) < 4.78 is 1.54. The van der Waals surface area contributed by atoms with Gasteiger partial charge in [-0.05, 0) is 55.3 Å². The highest BCUT2D eigenvalue weighted by molar-refractivity contribution is 6.35. The SMILES string of the molecule is O=C(N[C@@H]1CCCC[C@@H]1C(=O)Nc1ccc(-n2ccccc2=O)cc1)c1ccc2c(Cl)c[nH]c2c1. The molecule has 178 valence electrons. The molecular formula is C27H25ClN4O3. The molecule has 2 atom stereocenters. The molecular weight excluding hydrogens is 464 g/mol. The first-order valence-electron chi connectivity index (χ1n) is 11.7. The number of aromatic nitrogens is 2. The van der Waals surface area contributed by atoms with E-state index in [4.69, 9.17) is 11.6 Å². The highest BCUT2D eigenvalue weighted by Gasteiger charge is 2.32. The number of nitrogens with zero attached hydrogens (tertiary/aromatic N) is 1. The Morgan fingerprint density at radius 3 is 2.60 bits per heavy atom. The van der Waals surface area contributed by atoms with Crippen LogP contribution in [0.5, 0.6) is 0 Å². The molecule has 2 aromatic carbocycles. The van der Waals surface area contributed by atoms with E-state index in [0.29, 0.717) is 22.7 Å². The molecule has 1 fully saturated rings. The fraction of sp³-hybridized carbons (Fsp3) is 0.222. The standard InChI is InChI=1S/C27H25ClN4O3/c28-22-16-29-24-15-17(8-13-20(22)24)26(34)31-23-6-2-1-5-21(23)27(35)30-18-9-11-19(12-10-18)32-14-4-3-7-25(32)33/h3-4,7-16,21,23,29H,1-2,5-6H2,(H,30,35)(H,31,34)/t21-,23+/m0/s1. The van der Waals surface area contributed by atoms with Crippen molar-refractivity contribution >= 4 is 40.0 Å². The molecule has 5 rings (SSSR count). The highest BCUT2D eigenvalue weighted by atomic mass is 35.5. The van der Waals surface area contributed by atoms with Gasteiger partial charge in [0.2, 0.25) is 5.91 Å². The first kappa shape index (κ1) is 22.9. The van der Waals surface area contributed by atoms with E-state index in [1.807, 2.05) is 6.07 Å². The smallest absolute Gasteiger partial charge is 0.255 e. The molecule has 35 heavy (non-hydrogen) atoms. The average Bonchev–Trinajstić information content (AvgIpc) is 3.25. The molecule has 2 amide bonds. The Labute approximate surface area is 207 Å². The van der Waals surface area contributed by atoms with Crippen LogP contribution in [0.1, 0.15) is 36.0 Å². The van der Waals surface area contributed by atoms with Crippen LogP contribution in [0, 0.1) is 5.92 Å². The van der Waals surface area contributed by atoms with Crippen LogP contribution in [0.2, 0.25) is 5.02 Å². The largest absolute Gasteiger partial charge is 0.360 e. The lowest BCUT2D eigenvalue weighted by atomic mass is 9.83. The Bertz CT molecular complexity index is 1440. The number of carbonyl (C=O) groups is 2. The second-order valence-corrected chi connectivity index (χ2v) is 9.22. The summed E-state index contributed by atoms with van der Waals surface area (Å²) >= 11 is 6.14. The summed E-state index contributed by atoms with van der Waals surface area (Å²) in [5, 5.41) is 7.53. The Hall–Kier alpha value is -3.84. The number of anilines is 1. The molecule has 1 aliphatic carbocycles. The van der Waals surface area contributed by atoms with E-state index in [1.54, 1.807) is 60.9 Å². The molecule has 1 saturated carbocycles. The molecule has 1 aliphatic rings. The Morgan fingerprint density at radius 2 is 1.80 bits per heavy atom. The van der Waals surface area contributed by atoms with Crippen LogP contribution in [-0.4, -0.2) is 27.4 Å². The number of fused-ring (bicyclic) bond motifs is 1. The van der Waals surface area contributed by atoms with Gasteiger partial charge < -0.3 is 15.6 Å². The zero-order chi connectivity index (χ0) is 24.4. The van der Waals surface area contributed by atoms with Crippen LogP contribution in [0.3, 0.4) is 0 Å². The fourth-order valence-corrected chi connectivity index (χ4v) is 4.90. The topological polar surface area (TPSA) is 96.0 Å². The van der Waals surface area contributed by atoms with E-state index in [9.17, 15) is 14.4 Å². The van der Waals surface area contributed by atoms with Gasteiger partial charge in [0.15, 0.2) is 0 Å². The van der Waals surface area contributed by atoms with Crippen LogP contribution in [0.25, 0.3) is 16.6 Å². The zero-order valence-electron chi connectivity index (χ0n) is 19.0. The van der Waals surface area contributed by atoms with Crippen LogP contribution in [-0.2, 0) is 4.79 Å².